The number of rotatable bonds is 5. The lowest BCUT2D eigenvalue weighted by Gasteiger charge is -2.26. The number of nitrogens with one attached hydrogen (secondary N) is 1. The summed E-state index contributed by atoms with van der Waals surface area (Å²) in [7, 11) is -2.76. The number of hydrogen-bond acceptors (Lipinski definition) is 4. The molecule has 0 aromatic heterocycles. The van der Waals surface area contributed by atoms with Crippen LogP contribution in [0.5, 0.6) is 0 Å². The summed E-state index contributed by atoms with van der Waals surface area (Å²) in [6, 6.07) is 0. The highest BCUT2D eigenvalue weighted by molar-refractivity contribution is 7.91. The van der Waals surface area contributed by atoms with Crippen molar-refractivity contribution < 1.29 is 8.42 Å². The molecule has 0 bridgehead atoms. The van der Waals surface area contributed by atoms with Crippen molar-refractivity contribution in [2.45, 2.75) is 13.3 Å². The molecule has 0 unspecified atom stereocenters. The average molecular weight is 293 g/mol. The predicted molar refractivity (Wildman–Crippen MR) is 72.8 cm³/mol. The van der Waals surface area contributed by atoms with Crippen LogP contribution >= 0.6 is 24.8 Å². The highest BCUT2D eigenvalue weighted by Crippen LogP contribution is 1.98. The largest absolute Gasteiger partial charge is 0.314 e. The van der Waals surface area contributed by atoms with Gasteiger partial charge in [0.15, 0.2) is 0 Å². The Morgan fingerprint density at radius 3 is 2.25 bits per heavy atom. The second-order valence-corrected chi connectivity index (χ2v) is 6.15. The van der Waals surface area contributed by atoms with E-state index in [9.17, 15) is 8.42 Å². The average Bonchev–Trinajstić information content (AvgIpc) is 2.19. The highest BCUT2D eigenvalue weighted by atomic mass is 35.5. The van der Waals surface area contributed by atoms with E-state index < -0.39 is 9.84 Å². The van der Waals surface area contributed by atoms with Gasteiger partial charge in [-0.1, -0.05) is 6.92 Å². The summed E-state index contributed by atoms with van der Waals surface area (Å²) in [5.41, 5.74) is 0. The van der Waals surface area contributed by atoms with Gasteiger partial charge in [-0.15, -0.1) is 24.8 Å². The molecule has 1 aliphatic heterocycles. The van der Waals surface area contributed by atoms with Gasteiger partial charge in [-0.3, -0.25) is 0 Å². The van der Waals surface area contributed by atoms with Crippen LogP contribution in [0.4, 0.5) is 0 Å². The van der Waals surface area contributed by atoms with Crippen LogP contribution in [0, 0.1) is 0 Å². The monoisotopic (exact) mass is 292 g/mol. The van der Waals surface area contributed by atoms with Crippen LogP contribution in [-0.2, 0) is 9.84 Å². The lowest BCUT2D eigenvalue weighted by molar-refractivity contribution is 0.242. The third kappa shape index (κ3) is 7.68. The van der Waals surface area contributed by atoms with Crippen molar-refractivity contribution in [1.82, 2.24) is 10.2 Å². The van der Waals surface area contributed by atoms with Crippen LogP contribution in [0.1, 0.15) is 13.3 Å². The van der Waals surface area contributed by atoms with Gasteiger partial charge < -0.3 is 10.2 Å². The molecule has 0 aliphatic carbocycles. The van der Waals surface area contributed by atoms with Gasteiger partial charge >= 0.3 is 0 Å². The first kappa shape index (κ1) is 18.8. The molecule has 1 saturated heterocycles. The van der Waals surface area contributed by atoms with Gasteiger partial charge in [0, 0.05) is 31.9 Å². The number of hydrogen-bond donors (Lipinski definition) is 1. The molecule has 7 heteroatoms. The Labute approximate surface area is 111 Å². The minimum atomic E-state index is -2.76. The maximum absolute atomic E-state index is 11.2. The number of sulfone groups is 1. The molecule has 0 aromatic carbocycles. The predicted octanol–water partition coefficient (Wildman–Crippen LogP) is 0.560. The maximum atomic E-state index is 11.2. The molecular weight excluding hydrogens is 271 g/mol. The molecule has 0 aromatic rings. The first-order chi connectivity index (χ1) is 6.64. The van der Waals surface area contributed by atoms with Gasteiger partial charge in [0.2, 0.25) is 0 Å². The first-order valence-electron chi connectivity index (χ1n) is 5.27. The molecule has 100 valence electrons. The Balaban J connectivity index is 0. The lowest BCUT2D eigenvalue weighted by Crippen LogP contribution is -2.44. The van der Waals surface area contributed by atoms with E-state index in [1.807, 2.05) is 0 Å². The standard InChI is InChI=1S/C9H20N2O2S.2ClH/c1-2-14(12,13)9-3-6-11-7-4-10-5-8-11;;/h10H,2-9H2,1H3;2*1H. The van der Waals surface area contributed by atoms with E-state index in [-0.39, 0.29) is 30.6 Å². The molecule has 4 nitrogen and oxygen atoms in total. The number of piperazine rings is 1. The van der Waals surface area contributed by atoms with E-state index in [2.05, 4.69) is 10.2 Å². The quantitative estimate of drug-likeness (QED) is 0.805. The Bertz CT molecular complexity index is 254. The molecular formula is C9H22Cl2N2O2S. The second kappa shape index (κ2) is 9.48. The van der Waals surface area contributed by atoms with E-state index in [0.717, 1.165) is 39.1 Å². The third-order valence-electron chi connectivity index (χ3n) is 2.58. The fourth-order valence-electron chi connectivity index (χ4n) is 1.59. The molecule has 0 radical (unpaired) electrons. The van der Waals surface area contributed by atoms with Crippen LogP contribution in [0.3, 0.4) is 0 Å². The van der Waals surface area contributed by atoms with Crippen molar-refractivity contribution in [3.8, 4) is 0 Å². The lowest BCUT2D eigenvalue weighted by atomic mass is 10.3. The molecule has 1 rings (SSSR count). The fraction of sp³-hybridized carbons (Fsp3) is 1.00. The molecule has 1 heterocycles. The molecule has 16 heavy (non-hydrogen) atoms. The Hall–Kier alpha value is 0.450. The topological polar surface area (TPSA) is 49.4 Å². The molecule has 0 spiro atoms. The van der Waals surface area contributed by atoms with Gasteiger partial charge in [-0.05, 0) is 13.0 Å². The maximum Gasteiger partial charge on any atom is 0.150 e. The number of nitrogens with zero attached hydrogens (tertiary/aromatic N) is 1. The minimum absolute atomic E-state index is 0. The van der Waals surface area contributed by atoms with E-state index in [1.165, 1.54) is 0 Å². The van der Waals surface area contributed by atoms with Crippen molar-refractivity contribution >= 4 is 34.7 Å². The number of halogens is 2. The molecule has 1 fully saturated rings. The Morgan fingerprint density at radius 2 is 1.75 bits per heavy atom. The molecule has 0 atom stereocenters. The van der Waals surface area contributed by atoms with Crippen LogP contribution in [-0.4, -0.2) is 57.5 Å². The fourth-order valence-corrected chi connectivity index (χ4v) is 2.44. The van der Waals surface area contributed by atoms with E-state index in [0.29, 0.717) is 5.75 Å². The van der Waals surface area contributed by atoms with Gasteiger partial charge in [0.25, 0.3) is 0 Å². The molecule has 0 amide bonds. The zero-order chi connectivity index (χ0) is 10.4. The zero-order valence-corrected chi connectivity index (χ0v) is 12.1. The van der Waals surface area contributed by atoms with Gasteiger partial charge in [0.1, 0.15) is 9.84 Å². The van der Waals surface area contributed by atoms with Crippen LogP contribution < -0.4 is 5.32 Å². The smallest absolute Gasteiger partial charge is 0.150 e. The van der Waals surface area contributed by atoms with E-state index in [4.69, 9.17) is 0 Å². The van der Waals surface area contributed by atoms with Crippen molar-refractivity contribution in [1.29, 1.82) is 0 Å². The van der Waals surface area contributed by atoms with Crippen LogP contribution in [0.2, 0.25) is 0 Å². The summed E-state index contributed by atoms with van der Waals surface area (Å²) in [5, 5.41) is 3.27. The van der Waals surface area contributed by atoms with Crippen molar-refractivity contribution in [3.05, 3.63) is 0 Å². The molecule has 1 N–H and O–H groups in total. The van der Waals surface area contributed by atoms with E-state index in [1.54, 1.807) is 6.92 Å². The SMILES string of the molecule is CCS(=O)(=O)CCCN1CCNCC1.Cl.Cl. The van der Waals surface area contributed by atoms with Crippen molar-refractivity contribution in [2.75, 3.05) is 44.2 Å². The molecule has 1 aliphatic rings. The second-order valence-electron chi connectivity index (χ2n) is 3.68. The highest BCUT2D eigenvalue weighted by Gasteiger charge is 2.11. The summed E-state index contributed by atoms with van der Waals surface area (Å²) < 4.78 is 22.4. The minimum Gasteiger partial charge on any atom is -0.314 e. The summed E-state index contributed by atoms with van der Waals surface area (Å²) in [6.45, 7) is 6.78. The summed E-state index contributed by atoms with van der Waals surface area (Å²) in [4.78, 5) is 2.32. The first-order valence-corrected chi connectivity index (χ1v) is 7.09. The van der Waals surface area contributed by atoms with Crippen molar-refractivity contribution in [2.24, 2.45) is 0 Å². The third-order valence-corrected chi connectivity index (χ3v) is 4.37. The Kier molecular flexibility index (Phi) is 11.1. The zero-order valence-electron chi connectivity index (χ0n) is 9.65. The van der Waals surface area contributed by atoms with E-state index >= 15 is 0 Å². The van der Waals surface area contributed by atoms with Gasteiger partial charge in [0.05, 0.1) is 5.75 Å². The van der Waals surface area contributed by atoms with Crippen molar-refractivity contribution in [3.63, 3.8) is 0 Å². The van der Waals surface area contributed by atoms with Crippen LogP contribution in [0.25, 0.3) is 0 Å². The summed E-state index contributed by atoms with van der Waals surface area (Å²) >= 11 is 0. The normalized spacial score (nSPS) is 17.3. The Morgan fingerprint density at radius 1 is 1.19 bits per heavy atom. The summed E-state index contributed by atoms with van der Waals surface area (Å²) in [6.07, 6.45) is 0.774. The van der Waals surface area contributed by atoms with Gasteiger partial charge in [-0.25, -0.2) is 8.42 Å². The molecule has 0 saturated carbocycles. The van der Waals surface area contributed by atoms with Gasteiger partial charge in [-0.2, -0.15) is 0 Å². The van der Waals surface area contributed by atoms with Crippen LogP contribution in [0.15, 0.2) is 0 Å². The summed E-state index contributed by atoms with van der Waals surface area (Å²) in [5.74, 6) is 0.613.